The molecule has 6 N–H and O–H groups in total. The highest BCUT2D eigenvalue weighted by Gasteiger charge is 2.72. The zero-order chi connectivity index (χ0) is 41.6. The fourth-order valence-electron chi connectivity index (χ4n) is 8.56. The molecular formula is C39H39NO17. The molecule has 1 fully saturated rings. The lowest BCUT2D eigenvalue weighted by Crippen LogP contribution is -2.73. The van der Waals surface area contributed by atoms with Gasteiger partial charge in [0, 0.05) is 43.4 Å². The molecule has 1 saturated heterocycles. The molecule has 10 atom stereocenters. The minimum Gasteiger partial charge on any atom is -0.507 e. The number of aryl methyl sites for hydroxylation is 1. The first-order valence-corrected chi connectivity index (χ1v) is 17.7. The van der Waals surface area contributed by atoms with E-state index < -0.39 is 146 Å². The molecule has 2 aromatic carbocycles. The van der Waals surface area contributed by atoms with E-state index >= 15 is 0 Å². The number of Topliss-reactive ketones (excluding diaryl/α,β-unsaturated/α-hetero) is 3. The van der Waals surface area contributed by atoms with Gasteiger partial charge in [-0.25, -0.2) is 4.79 Å². The van der Waals surface area contributed by atoms with Crippen molar-refractivity contribution in [3.63, 3.8) is 0 Å². The van der Waals surface area contributed by atoms with Crippen LogP contribution in [0.1, 0.15) is 82.3 Å². The molecule has 0 radical (unpaired) electrons. The molecule has 57 heavy (non-hydrogen) atoms. The maximum absolute atomic E-state index is 14.7. The fourth-order valence-corrected chi connectivity index (χ4v) is 8.56. The van der Waals surface area contributed by atoms with Crippen molar-refractivity contribution in [1.82, 2.24) is 5.32 Å². The number of rotatable bonds is 7. The van der Waals surface area contributed by atoms with Crippen LogP contribution in [0.5, 0.6) is 11.5 Å². The minimum absolute atomic E-state index is 0.0237. The Balaban J connectivity index is 1.27. The summed E-state index contributed by atoms with van der Waals surface area (Å²) in [5, 5.41) is 61.1. The Labute approximate surface area is 323 Å². The van der Waals surface area contributed by atoms with Gasteiger partial charge in [-0.1, -0.05) is 6.07 Å². The Hall–Kier alpha value is -5.18. The fraction of sp³-hybridized carbons (Fsp3) is 0.436. The van der Waals surface area contributed by atoms with Crippen molar-refractivity contribution in [2.45, 2.75) is 87.5 Å². The first kappa shape index (κ1) is 40.0. The van der Waals surface area contributed by atoms with Crippen LogP contribution in [-0.2, 0) is 45.2 Å². The number of esters is 1. The second-order valence-electron chi connectivity index (χ2n) is 14.4. The number of aromatic hydroxyl groups is 2. The molecule has 2 aromatic rings. The third-order valence-electron chi connectivity index (χ3n) is 11.3. The summed E-state index contributed by atoms with van der Waals surface area (Å²) in [6, 6.07) is 2.14. The van der Waals surface area contributed by atoms with Crippen molar-refractivity contribution in [1.29, 1.82) is 0 Å². The summed E-state index contributed by atoms with van der Waals surface area (Å²) in [4.78, 5) is 81.6. The first-order chi connectivity index (χ1) is 26.9. The lowest BCUT2D eigenvalue weighted by molar-refractivity contribution is -0.275. The van der Waals surface area contributed by atoms with Gasteiger partial charge in [0.1, 0.15) is 41.5 Å². The molecule has 0 spiro atoms. The van der Waals surface area contributed by atoms with E-state index in [0.717, 1.165) is 26.4 Å². The van der Waals surface area contributed by atoms with Crippen molar-refractivity contribution in [2.75, 3.05) is 21.3 Å². The number of ketones is 5. The van der Waals surface area contributed by atoms with Gasteiger partial charge >= 0.3 is 5.97 Å². The van der Waals surface area contributed by atoms with Crippen molar-refractivity contribution in [3.8, 4) is 11.5 Å². The molecule has 18 nitrogen and oxygen atoms in total. The van der Waals surface area contributed by atoms with E-state index in [-0.39, 0.29) is 16.9 Å². The summed E-state index contributed by atoms with van der Waals surface area (Å²) in [7, 11) is 3.19. The van der Waals surface area contributed by atoms with Gasteiger partial charge in [0.15, 0.2) is 35.3 Å². The number of carbonyl (C=O) groups is 6. The Morgan fingerprint density at radius 3 is 2.26 bits per heavy atom. The van der Waals surface area contributed by atoms with Crippen LogP contribution in [0.15, 0.2) is 36.1 Å². The molecule has 0 saturated carbocycles. The number of nitrogens with one attached hydrogen (secondary N) is 1. The Kier molecular flexibility index (Phi) is 9.85. The zero-order valence-corrected chi connectivity index (χ0v) is 31.3. The molecule has 18 heteroatoms. The smallest absolute Gasteiger partial charge is 0.341 e. The molecule has 0 bridgehead atoms. The number of hydrogen-bond donors (Lipinski definition) is 6. The van der Waals surface area contributed by atoms with E-state index in [9.17, 15) is 54.3 Å². The zero-order valence-electron chi connectivity index (χ0n) is 31.3. The Bertz CT molecular complexity index is 2230. The van der Waals surface area contributed by atoms with Crippen LogP contribution in [0.4, 0.5) is 0 Å². The second-order valence-corrected chi connectivity index (χ2v) is 14.4. The molecule has 7 rings (SSSR count). The van der Waals surface area contributed by atoms with Crippen LogP contribution in [0.2, 0.25) is 0 Å². The van der Waals surface area contributed by atoms with Crippen molar-refractivity contribution >= 4 is 34.9 Å². The highest BCUT2D eigenvalue weighted by atomic mass is 16.7. The number of phenols is 2. The summed E-state index contributed by atoms with van der Waals surface area (Å²) >= 11 is 0. The van der Waals surface area contributed by atoms with E-state index in [0.29, 0.717) is 0 Å². The van der Waals surface area contributed by atoms with E-state index in [2.05, 4.69) is 5.32 Å². The number of aliphatic hydroxyl groups excluding tert-OH is 2. The lowest BCUT2D eigenvalue weighted by Gasteiger charge is -2.52. The van der Waals surface area contributed by atoms with Crippen LogP contribution < -0.4 is 5.32 Å². The van der Waals surface area contributed by atoms with E-state index in [1.807, 2.05) is 0 Å². The molecular weight excluding hydrogens is 754 g/mol. The average Bonchev–Trinajstić information content (AvgIpc) is 3.15. The number of benzene rings is 2. The summed E-state index contributed by atoms with van der Waals surface area (Å²) in [6.07, 6.45) is -6.70. The SMILES string of the molecule is COC(=O)c1c(C)cc2c(c1O)C1(O)C(=O)c3cc4c(c(O)c3C(=O)C1(OC)[C@H](O)C2)C(=O)C=C(NC1O[C@@H](C)[C@H](OC2C=CC(=O)C(C)O2)[C@@H](O)[C@H]1OC)C4=O. The van der Waals surface area contributed by atoms with Gasteiger partial charge in [-0.3, -0.25) is 24.0 Å². The predicted molar refractivity (Wildman–Crippen MR) is 189 cm³/mol. The molecule has 3 aliphatic carbocycles. The Morgan fingerprint density at radius 1 is 0.930 bits per heavy atom. The molecule has 2 aliphatic heterocycles. The number of allylic oxidation sites excluding steroid dienone is 2. The highest BCUT2D eigenvalue weighted by Crippen LogP contribution is 2.56. The number of fused-ring (bicyclic) bond motifs is 5. The van der Waals surface area contributed by atoms with Gasteiger partial charge in [-0.05, 0) is 50.1 Å². The predicted octanol–water partition coefficient (Wildman–Crippen LogP) is -0.00968. The van der Waals surface area contributed by atoms with Crippen LogP contribution >= 0.6 is 0 Å². The standard InChI is InChI=1S/C39H39NO17/c1-13-9-16-10-22(43)39(54-6)35(49)26-18(34(48)38(39,51)27(16)30(46)24(13)37(50)53-5)11-17-25(29(26)45)21(42)12-19(28(17)44)40-36-33(52-4)31(47)32(15(3)56-36)57-23-8-7-20(41)14(2)55-23/h7-9,11-12,14-15,22-23,31-33,36,40,43,45-47,51H,10H2,1-6H3/t14?,15-,22+,23?,31+,32-,33+,36?,38?,39?/m0/s1. The van der Waals surface area contributed by atoms with Crippen LogP contribution in [0.3, 0.4) is 0 Å². The van der Waals surface area contributed by atoms with Gasteiger partial charge in [0.25, 0.3) is 0 Å². The maximum Gasteiger partial charge on any atom is 0.341 e. The van der Waals surface area contributed by atoms with Gasteiger partial charge in [0.05, 0.1) is 36.1 Å². The quantitative estimate of drug-likeness (QED) is 0.201. The molecule has 0 amide bonds. The third-order valence-corrected chi connectivity index (χ3v) is 11.3. The van der Waals surface area contributed by atoms with Gasteiger partial charge in [-0.15, -0.1) is 0 Å². The lowest BCUT2D eigenvalue weighted by atomic mass is 9.56. The molecule has 0 aromatic heterocycles. The molecule has 2 heterocycles. The number of aliphatic hydroxyl groups is 3. The molecule has 302 valence electrons. The second kappa shape index (κ2) is 14.0. The van der Waals surface area contributed by atoms with E-state index in [1.165, 1.54) is 39.2 Å². The van der Waals surface area contributed by atoms with Crippen molar-refractivity contribution in [3.05, 3.63) is 80.6 Å². The van der Waals surface area contributed by atoms with Crippen LogP contribution in [-0.4, -0.2) is 136 Å². The van der Waals surface area contributed by atoms with Crippen molar-refractivity contribution < 1.29 is 82.7 Å². The Morgan fingerprint density at radius 2 is 1.63 bits per heavy atom. The van der Waals surface area contributed by atoms with E-state index in [1.54, 1.807) is 6.92 Å². The molecule has 5 aliphatic rings. The minimum atomic E-state index is -3.27. The van der Waals surface area contributed by atoms with Gasteiger partial charge < -0.3 is 59.3 Å². The first-order valence-electron chi connectivity index (χ1n) is 17.7. The van der Waals surface area contributed by atoms with E-state index in [4.69, 9.17) is 28.4 Å². The summed E-state index contributed by atoms with van der Waals surface area (Å²) < 4.78 is 33.2. The largest absolute Gasteiger partial charge is 0.507 e. The number of phenolic OH excluding ortho intramolecular Hbond substituents is 2. The number of ether oxygens (including phenoxy) is 6. The molecule has 5 unspecified atom stereocenters. The third kappa shape index (κ3) is 5.54. The highest BCUT2D eigenvalue weighted by molar-refractivity contribution is 6.31. The van der Waals surface area contributed by atoms with Gasteiger partial charge in [0.2, 0.25) is 17.3 Å². The average molecular weight is 794 g/mol. The van der Waals surface area contributed by atoms with Gasteiger partial charge in [-0.2, -0.15) is 0 Å². The maximum atomic E-state index is 14.7. The van der Waals surface area contributed by atoms with Crippen molar-refractivity contribution in [2.24, 2.45) is 0 Å². The summed E-state index contributed by atoms with van der Waals surface area (Å²) in [6.45, 7) is 4.53. The van der Waals surface area contributed by atoms with Crippen LogP contribution in [0.25, 0.3) is 0 Å². The topological polar surface area (TPSA) is 271 Å². The van der Waals surface area contributed by atoms with Crippen LogP contribution in [0, 0.1) is 6.92 Å². The number of hydrogen-bond acceptors (Lipinski definition) is 18. The number of methoxy groups -OCH3 is 3. The normalized spacial score (nSPS) is 33.2. The summed E-state index contributed by atoms with van der Waals surface area (Å²) in [5.74, 6) is -8.15. The number of carbonyl (C=O) groups excluding carboxylic acids is 6. The summed E-state index contributed by atoms with van der Waals surface area (Å²) in [5.41, 5.74) is -10.5. The monoisotopic (exact) mass is 793 g/mol.